The van der Waals surface area contributed by atoms with E-state index in [0.717, 1.165) is 6.54 Å². The van der Waals surface area contributed by atoms with Crippen LogP contribution in [0.2, 0.25) is 0 Å². The molecule has 0 radical (unpaired) electrons. The molecule has 1 aliphatic carbocycles. The van der Waals surface area contributed by atoms with E-state index in [2.05, 4.69) is 49.4 Å². The Hall–Kier alpha value is -1.25. The molecule has 2 N–H and O–H groups in total. The third-order valence-electron chi connectivity index (χ3n) is 4.09. The highest BCUT2D eigenvalue weighted by atomic mass is 32.2. The lowest BCUT2D eigenvalue weighted by molar-refractivity contribution is 0.560. The van der Waals surface area contributed by atoms with Gasteiger partial charge in [0, 0.05) is 9.79 Å². The largest absolute Gasteiger partial charge is 0.330 e. The number of hydrogen-bond acceptors (Lipinski definition) is 2. The predicted octanol–water partition coefficient (Wildman–Crippen LogP) is 4.52. The van der Waals surface area contributed by atoms with Gasteiger partial charge in [0.15, 0.2) is 0 Å². The van der Waals surface area contributed by atoms with Crippen LogP contribution in [0.25, 0.3) is 0 Å². The maximum atomic E-state index is 5.89. The molecule has 2 aromatic rings. The van der Waals surface area contributed by atoms with Crippen LogP contribution in [0.5, 0.6) is 0 Å². The minimum Gasteiger partial charge on any atom is -0.330 e. The molecule has 2 aromatic carbocycles. The van der Waals surface area contributed by atoms with Crippen LogP contribution >= 0.6 is 11.8 Å². The second-order valence-electron chi connectivity index (χ2n) is 5.60. The molecule has 0 saturated carbocycles. The summed E-state index contributed by atoms with van der Waals surface area (Å²) in [5.41, 5.74) is 10.2. The molecule has 0 aliphatic heterocycles. The Labute approximate surface area is 125 Å². The Balaban J connectivity index is 1.83. The molecule has 20 heavy (non-hydrogen) atoms. The van der Waals surface area contributed by atoms with Crippen LogP contribution in [0, 0.1) is 6.92 Å². The molecule has 1 unspecified atom stereocenters. The van der Waals surface area contributed by atoms with Crippen LogP contribution in [-0.2, 0) is 6.42 Å². The molecule has 0 spiro atoms. The fraction of sp³-hybridized carbons (Fsp3) is 0.333. The highest BCUT2D eigenvalue weighted by Crippen LogP contribution is 2.35. The maximum absolute atomic E-state index is 5.89. The van der Waals surface area contributed by atoms with E-state index in [1.54, 1.807) is 0 Å². The zero-order chi connectivity index (χ0) is 13.9. The second-order valence-corrected chi connectivity index (χ2v) is 6.75. The van der Waals surface area contributed by atoms with Gasteiger partial charge in [0.05, 0.1) is 0 Å². The summed E-state index contributed by atoms with van der Waals surface area (Å²) >= 11 is 1.85. The summed E-state index contributed by atoms with van der Waals surface area (Å²) in [7, 11) is 0. The fourth-order valence-corrected chi connectivity index (χ4v) is 3.82. The SMILES string of the molecule is Cc1ccc(Sc2ccc3c(c2)CCCC3CN)cc1. The fourth-order valence-electron chi connectivity index (χ4n) is 2.94. The zero-order valence-electron chi connectivity index (χ0n) is 11.9. The number of fused-ring (bicyclic) bond motifs is 1. The summed E-state index contributed by atoms with van der Waals surface area (Å²) in [5, 5.41) is 0. The van der Waals surface area contributed by atoms with Crippen molar-refractivity contribution in [3.05, 3.63) is 59.2 Å². The summed E-state index contributed by atoms with van der Waals surface area (Å²) in [6.45, 7) is 2.90. The number of hydrogen-bond donors (Lipinski definition) is 1. The van der Waals surface area contributed by atoms with Crippen LogP contribution in [0.4, 0.5) is 0 Å². The standard InChI is InChI=1S/C18H21NS/c1-13-5-7-16(8-6-13)20-17-9-10-18-14(11-17)3-2-4-15(18)12-19/h5-11,15H,2-4,12,19H2,1H3. The lowest BCUT2D eigenvalue weighted by atomic mass is 9.83. The van der Waals surface area contributed by atoms with Gasteiger partial charge in [0.1, 0.15) is 0 Å². The van der Waals surface area contributed by atoms with Crippen LogP contribution in [0.15, 0.2) is 52.3 Å². The predicted molar refractivity (Wildman–Crippen MR) is 86.5 cm³/mol. The molecular formula is C18H21NS. The van der Waals surface area contributed by atoms with Gasteiger partial charge in [0.25, 0.3) is 0 Å². The molecule has 1 nitrogen and oxygen atoms in total. The van der Waals surface area contributed by atoms with E-state index >= 15 is 0 Å². The van der Waals surface area contributed by atoms with Gasteiger partial charge in [-0.3, -0.25) is 0 Å². The van der Waals surface area contributed by atoms with Crippen molar-refractivity contribution < 1.29 is 0 Å². The highest BCUT2D eigenvalue weighted by Gasteiger charge is 2.19. The van der Waals surface area contributed by atoms with Crippen LogP contribution in [-0.4, -0.2) is 6.54 Å². The van der Waals surface area contributed by atoms with Gasteiger partial charge in [-0.2, -0.15) is 0 Å². The summed E-state index contributed by atoms with van der Waals surface area (Å²) < 4.78 is 0. The van der Waals surface area contributed by atoms with E-state index in [9.17, 15) is 0 Å². The molecule has 1 atom stereocenters. The van der Waals surface area contributed by atoms with Crippen molar-refractivity contribution in [3.63, 3.8) is 0 Å². The van der Waals surface area contributed by atoms with E-state index in [-0.39, 0.29) is 0 Å². The van der Waals surface area contributed by atoms with E-state index in [0.29, 0.717) is 5.92 Å². The van der Waals surface area contributed by atoms with E-state index in [4.69, 9.17) is 5.73 Å². The average Bonchev–Trinajstić information content (AvgIpc) is 2.49. The van der Waals surface area contributed by atoms with Gasteiger partial charge in [-0.05, 0) is 74.0 Å². The molecule has 1 aliphatic rings. The maximum Gasteiger partial charge on any atom is 0.0125 e. The molecule has 0 bridgehead atoms. The Kier molecular flexibility index (Phi) is 4.13. The van der Waals surface area contributed by atoms with E-state index < -0.39 is 0 Å². The Morgan fingerprint density at radius 1 is 1.10 bits per heavy atom. The van der Waals surface area contributed by atoms with Gasteiger partial charge in [0.2, 0.25) is 0 Å². The zero-order valence-corrected chi connectivity index (χ0v) is 12.7. The van der Waals surface area contributed by atoms with Crippen molar-refractivity contribution in [2.75, 3.05) is 6.54 Å². The number of aryl methyl sites for hydroxylation is 2. The first-order valence-electron chi connectivity index (χ1n) is 7.33. The van der Waals surface area contributed by atoms with Gasteiger partial charge in [-0.25, -0.2) is 0 Å². The summed E-state index contributed by atoms with van der Waals surface area (Å²) in [5.74, 6) is 0.567. The molecular weight excluding hydrogens is 262 g/mol. The lowest BCUT2D eigenvalue weighted by Crippen LogP contribution is -2.18. The summed E-state index contributed by atoms with van der Waals surface area (Å²) in [6.07, 6.45) is 3.72. The van der Waals surface area contributed by atoms with Crippen LogP contribution in [0.3, 0.4) is 0 Å². The van der Waals surface area contributed by atoms with Crippen molar-refractivity contribution in [3.8, 4) is 0 Å². The first-order valence-corrected chi connectivity index (χ1v) is 8.15. The Bertz CT molecular complexity index is 589. The molecule has 2 heteroatoms. The topological polar surface area (TPSA) is 26.0 Å². The molecule has 0 amide bonds. The second kappa shape index (κ2) is 6.02. The Morgan fingerprint density at radius 3 is 2.60 bits per heavy atom. The van der Waals surface area contributed by atoms with Gasteiger partial charge >= 0.3 is 0 Å². The van der Waals surface area contributed by atoms with Gasteiger partial charge in [-0.1, -0.05) is 35.5 Å². The number of nitrogens with two attached hydrogens (primary N) is 1. The summed E-state index contributed by atoms with van der Waals surface area (Å²) in [4.78, 5) is 2.65. The highest BCUT2D eigenvalue weighted by molar-refractivity contribution is 7.99. The number of benzene rings is 2. The van der Waals surface area contributed by atoms with Crippen LogP contribution in [0.1, 0.15) is 35.4 Å². The minimum absolute atomic E-state index is 0.567. The van der Waals surface area contributed by atoms with Crippen molar-refractivity contribution >= 4 is 11.8 Å². The van der Waals surface area contributed by atoms with E-state index in [1.165, 1.54) is 45.7 Å². The Morgan fingerprint density at radius 2 is 1.85 bits per heavy atom. The van der Waals surface area contributed by atoms with Crippen LogP contribution < -0.4 is 5.73 Å². The van der Waals surface area contributed by atoms with E-state index in [1.807, 2.05) is 11.8 Å². The van der Waals surface area contributed by atoms with Crippen molar-refractivity contribution in [1.29, 1.82) is 0 Å². The molecule has 3 rings (SSSR count). The third-order valence-corrected chi connectivity index (χ3v) is 5.09. The van der Waals surface area contributed by atoms with Gasteiger partial charge < -0.3 is 5.73 Å². The first-order chi connectivity index (χ1) is 9.76. The van der Waals surface area contributed by atoms with Crippen molar-refractivity contribution in [1.82, 2.24) is 0 Å². The quantitative estimate of drug-likeness (QED) is 0.896. The smallest absolute Gasteiger partial charge is 0.0125 e. The normalized spacial score (nSPS) is 17.8. The summed E-state index contributed by atoms with van der Waals surface area (Å²) in [6, 6.07) is 15.6. The number of rotatable bonds is 3. The van der Waals surface area contributed by atoms with Crippen molar-refractivity contribution in [2.24, 2.45) is 5.73 Å². The lowest BCUT2D eigenvalue weighted by Gasteiger charge is -2.24. The monoisotopic (exact) mass is 283 g/mol. The molecule has 0 saturated heterocycles. The van der Waals surface area contributed by atoms with Gasteiger partial charge in [-0.15, -0.1) is 0 Å². The molecule has 0 heterocycles. The van der Waals surface area contributed by atoms with Crippen molar-refractivity contribution in [2.45, 2.75) is 41.9 Å². The molecule has 0 aromatic heterocycles. The average molecular weight is 283 g/mol. The minimum atomic E-state index is 0.567. The first kappa shape index (κ1) is 13.7. The molecule has 0 fully saturated rings. The third kappa shape index (κ3) is 2.92. The molecule has 104 valence electrons.